The lowest BCUT2D eigenvalue weighted by Crippen LogP contribution is -2.60. The van der Waals surface area contributed by atoms with Gasteiger partial charge in [0, 0.05) is 57.3 Å². The zero-order valence-electron chi connectivity index (χ0n) is 38.1. The summed E-state index contributed by atoms with van der Waals surface area (Å²) < 4.78 is 0. The standard InChI is InChI=1S/C60H72N2S2/c1-5-13-37(14-6-1)43-23-27-53-55(33-43)63-57-35-45(39-17-9-3-10-18-39)31-49-47-29-41(21-25-51(47)61(53)59(49)57)42-22-26-52-48(30-42)50-32-46(40-19-11-4-12-20-40)36-58-60(50)62(52)54-28-24-44(34-56(54)64-58)38-15-7-2-8-16-38/h1-20,41-60H,21-36H2. The molecule has 20 unspecified atom stereocenters. The molecule has 4 aliphatic heterocycles. The molecule has 334 valence electrons. The smallest absolute Gasteiger partial charge is 0.0253 e. The summed E-state index contributed by atoms with van der Waals surface area (Å²) in [7, 11) is 0. The lowest BCUT2D eigenvalue weighted by Gasteiger charge is -2.55. The summed E-state index contributed by atoms with van der Waals surface area (Å²) in [4.78, 5) is 6.66. The number of rotatable bonds is 5. The van der Waals surface area contributed by atoms with E-state index in [2.05, 4.69) is 155 Å². The molecule has 4 heterocycles. The fourth-order valence-corrected chi connectivity index (χ4v) is 22.7. The van der Waals surface area contributed by atoms with Crippen LogP contribution in [0.25, 0.3) is 0 Å². The molecule has 4 saturated heterocycles. The highest BCUT2D eigenvalue weighted by molar-refractivity contribution is 8.00. The van der Waals surface area contributed by atoms with Crippen LogP contribution < -0.4 is 0 Å². The van der Waals surface area contributed by atoms with E-state index in [4.69, 9.17) is 0 Å². The van der Waals surface area contributed by atoms with Gasteiger partial charge >= 0.3 is 0 Å². The quantitative estimate of drug-likeness (QED) is 0.197. The van der Waals surface area contributed by atoms with E-state index in [1.165, 1.54) is 89.9 Å². The van der Waals surface area contributed by atoms with Crippen molar-refractivity contribution in [1.82, 2.24) is 9.80 Å². The summed E-state index contributed by atoms with van der Waals surface area (Å²) in [6, 6.07) is 52.0. The molecule has 0 amide bonds. The number of thioether (sulfide) groups is 2. The number of nitrogens with zero attached hydrogens (tertiary/aromatic N) is 2. The van der Waals surface area contributed by atoms with E-state index in [1.807, 2.05) is 0 Å². The van der Waals surface area contributed by atoms with Gasteiger partial charge in [-0.2, -0.15) is 23.5 Å². The van der Waals surface area contributed by atoms with Gasteiger partial charge in [-0.05, 0) is 184 Å². The molecule has 4 aromatic rings. The molecule has 0 radical (unpaired) electrons. The second-order valence-electron chi connectivity index (χ2n) is 23.4. The van der Waals surface area contributed by atoms with E-state index in [0.29, 0.717) is 0 Å². The number of benzene rings is 4. The summed E-state index contributed by atoms with van der Waals surface area (Å²) in [6.45, 7) is 0. The highest BCUT2D eigenvalue weighted by Gasteiger charge is 2.64. The third-order valence-corrected chi connectivity index (χ3v) is 24.2. The molecule has 14 rings (SSSR count). The van der Waals surface area contributed by atoms with E-state index >= 15 is 0 Å². The Bertz CT molecular complexity index is 2080. The van der Waals surface area contributed by atoms with E-state index < -0.39 is 0 Å². The van der Waals surface area contributed by atoms with E-state index in [9.17, 15) is 0 Å². The zero-order chi connectivity index (χ0) is 41.9. The van der Waals surface area contributed by atoms with Crippen molar-refractivity contribution in [1.29, 1.82) is 0 Å². The molecule has 6 aliphatic carbocycles. The lowest BCUT2D eigenvalue weighted by atomic mass is 9.61. The van der Waals surface area contributed by atoms with Crippen LogP contribution in [0.4, 0.5) is 0 Å². The Hall–Kier alpha value is -2.50. The number of hydrogen-bond donors (Lipinski definition) is 0. The first-order valence-electron chi connectivity index (χ1n) is 26.8. The lowest BCUT2D eigenvalue weighted by molar-refractivity contribution is 0.0282. The van der Waals surface area contributed by atoms with Gasteiger partial charge in [0.2, 0.25) is 0 Å². The molecule has 0 bridgehead atoms. The average Bonchev–Trinajstić information content (AvgIpc) is 3.88. The highest BCUT2D eigenvalue weighted by atomic mass is 32.2. The minimum atomic E-state index is 0.735. The van der Waals surface area contributed by atoms with Gasteiger partial charge in [-0.3, -0.25) is 9.80 Å². The van der Waals surface area contributed by atoms with Crippen molar-refractivity contribution in [3.05, 3.63) is 144 Å². The van der Waals surface area contributed by atoms with Crippen LogP contribution in [-0.4, -0.2) is 67.1 Å². The van der Waals surface area contributed by atoms with E-state index in [-0.39, 0.29) is 0 Å². The van der Waals surface area contributed by atoms with Gasteiger partial charge in [0.1, 0.15) is 0 Å². The maximum Gasteiger partial charge on any atom is 0.0253 e. The summed E-state index contributed by atoms with van der Waals surface area (Å²) >= 11 is 5.01. The molecule has 4 heteroatoms. The molecule has 0 N–H and O–H groups in total. The summed E-state index contributed by atoms with van der Waals surface area (Å²) in [6.07, 6.45) is 23.2. The van der Waals surface area contributed by atoms with E-state index in [0.717, 1.165) is 116 Å². The molecule has 20 atom stereocenters. The predicted octanol–water partition coefficient (Wildman–Crippen LogP) is 14.0. The van der Waals surface area contributed by atoms with Crippen molar-refractivity contribution in [3.8, 4) is 0 Å². The molecule has 6 saturated carbocycles. The van der Waals surface area contributed by atoms with Crippen LogP contribution >= 0.6 is 23.5 Å². The largest absolute Gasteiger partial charge is 0.292 e. The monoisotopic (exact) mass is 885 g/mol. The fourth-order valence-electron chi connectivity index (χ4n) is 18.5. The van der Waals surface area contributed by atoms with Crippen LogP contribution in [0.3, 0.4) is 0 Å². The topological polar surface area (TPSA) is 6.48 Å². The van der Waals surface area contributed by atoms with Gasteiger partial charge in [0.05, 0.1) is 0 Å². The van der Waals surface area contributed by atoms with Gasteiger partial charge in [0.15, 0.2) is 0 Å². The molecule has 2 nitrogen and oxygen atoms in total. The molecule has 0 aromatic heterocycles. The first-order valence-corrected chi connectivity index (χ1v) is 28.6. The van der Waals surface area contributed by atoms with Crippen LogP contribution in [-0.2, 0) is 0 Å². The second kappa shape index (κ2) is 16.6. The van der Waals surface area contributed by atoms with Crippen molar-refractivity contribution >= 4 is 23.5 Å². The first kappa shape index (κ1) is 40.6. The van der Waals surface area contributed by atoms with Crippen molar-refractivity contribution in [2.45, 2.75) is 184 Å². The van der Waals surface area contributed by atoms with Crippen LogP contribution in [0.15, 0.2) is 121 Å². The van der Waals surface area contributed by atoms with Crippen molar-refractivity contribution in [2.75, 3.05) is 0 Å². The summed E-state index contributed by atoms with van der Waals surface area (Å²) in [5.41, 5.74) is 6.49. The number of fused-ring (bicyclic) bond motifs is 10. The Labute approximate surface area is 393 Å². The second-order valence-corrected chi connectivity index (χ2v) is 26.3. The Kier molecular flexibility index (Phi) is 10.5. The average molecular weight is 885 g/mol. The molecule has 64 heavy (non-hydrogen) atoms. The minimum absolute atomic E-state index is 0.735. The third-order valence-electron chi connectivity index (χ3n) is 20.9. The SMILES string of the molecule is c1ccc(C2CCC3C(C2)SC2CC(c4ccccc4)CC4C5CC(C6CCC7C(C6)C6CC(c8ccccc8)CC8SC9CC(c%10ccccc%10)CCC9N7C86)CCC5N3C24)cc1. The fraction of sp³-hybridized carbons (Fsp3) is 0.600. The van der Waals surface area contributed by atoms with Crippen molar-refractivity contribution in [2.24, 2.45) is 35.5 Å². The Morgan fingerprint density at radius 3 is 1.03 bits per heavy atom. The number of hydrogen-bond acceptors (Lipinski definition) is 4. The first-order chi connectivity index (χ1) is 31.7. The van der Waals surface area contributed by atoms with Gasteiger partial charge < -0.3 is 0 Å². The Morgan fingerprint density at radius 1 is 0.297 bits per heavy atom. The van der Waals surface area contributed by atoms with Gasteiger partial charge in [0.25, 0.3) is 0 Å². The summed E-state index contributed by atoms with van der Waals surface area (Å²) in [5, 5.41) is 3.20. The molecule has 10 aliphatic rings. The Balaban J connectivity index is 0.739. The Morgan fingerprint density at radius 2 is 0.641 bits per heavy atom. The summed E-state index contributed by atoms with van der Waals surface area (Å²) in [5.74, 6) is 8.45. The zero-order valence-corrected chi connectivity index (χ0v) is 39.8. The molecular weight excluding hydrogens is 813 g/mol. The normalized spacial score (nSPS) is 45.8. The van der Waals surface area contributed by atoms with Crippen molar-refractivity contribution < 1.29 is 0 Å². The van der Waals surface area contributed by atoms with Crippen LogP contribution in [0, 0.1) is 35.5 Å². The third kappa shape index (κ3) is 6.76. The van der Waals surface area contributed by atoms with Crippen LogP contribution in [0.2, 0.25) is 0 Å². The molecular formula is C60H72N2S2. The maximum atomic E-state index is 3.33. The molecule has 10 fully saturated rings. The maximum absolute atomic E-state index is 3.33. The van der Waals surface area contributed by atoms with Crippen molar-refractivity contribution in [3.63, 3.8) is 0 Å². The van der Waals surface area contributed by atoms with Gasteiger partial charge in [-0.1, -0.05) is 121 Å². The van der Waals surface area contributed by atoms with E-state index in [1.54, 1.807) is 35.1 Å². The van der Waals surface area contributed by atoms with Gasteiger partial charge in [-0.15, -0.1) is 0 Å². The highest BCUT2D eigenvalue weighted by Crippen LogP contribution is 2.65. The van der Waals surface area contributed by atoms with Crippen LogP contribution in [0.1, 0.15) is 149 Å². The van der Waals surface area contributed by atoms with Crippen LogP contribution in [0.5, 0.6) is 0 Å². The predicted molar refractivity (Wildman–Crippen MR) is 268 cm³/mol. The molecule has 4 aromatic carbocycles. The molecule has 0 spiro atoms. The van der Waals surface area contributed by atoms with Gasteiger partial charge in [-0.25, -0.2) is 0 Å². The minimum Gasteiger partial charge on any atom is -0.292 e.